The normalized spacial score (nSPS) is 12.2. The zero-order valence-corrected chi connectivity index (χ0v) is 14.7. The van der Waals surface area contributed by atoms with E-state index in [1.165, 1.54) is 12.1 Å². The smallest absolute Gasteiger partial charge is 0.223 e. The van der Waals surface area contributed by atoms with Gasteiger partial charge in [0.2, 0.25) is 5.95 Å². The molecule has 2 heterocycles. The average Bonchev–Trinajstić information content (AvgIpc) is 2.96. The van der Waals surface area contributed by atoms with Crippen molar-refractivity contribution < 1.29 is 4.39 Å². The summed E-state index contributed by atoms with van der Waals surface area (Å²) in [4.78, 5) is 8.91. The first kappa shape index (κ1) is 17.1. The molecule has 0 amide bonds. The molecule has 25 heavy (non-hydrogen) atoms. The van der Waals surface area contributed by atoms with Crippen molar-refractivity contribution in [2.24, 2.45) is 0 Å². The summed E-state index contributed by atoms with van der Waals surface area (Å²) in [5, 5.41) is 7.79. The van der Waals surface area contributed by atoms with Crippen molar-refractivity contribution in [2.45, 2.75) is 39.8 Å². The third-order valence-corrected chi connectivity index (χ3v) is 4.05. The van der Waals surface area contributed by atoms with Crippen LogP contribution in [0.25, 0.3) is 11.3 Å². The molecule has 3 rings (SSSR count). The predicted molar refractivity (Wildman–Crippen MR) is 96.7 cm³/mol. The number of aryl methyl sites for hydroxylation is 2. The van der Waals surface area contributed by atoms with E-state index in [9.17, 15) is 4.39 Å². The maximum absolute atomic E-state index is 13.1. The Labute approximate surface area is 146 Å². The van der Waals surface area contributed by atoms with E-state index in [0.717, 1.165) is 35.5 Å². The van der Waals surface area contributed by atoms with E-state index in [1.54, 1.807) is 18.3 Å². The number of aromatic nitrogens is 4. The topological polar surface area (TPSA) is 55.6 Å². The van der Waals surface area contributed by atoms with Crippen molar-refractivity contribution in [2.75, 3.05) is 5.32 Å². The Bertz CT molecular complexity index is 841. The molecular formula is C19H22FN5. The third-order valence-electron chi connectivity index (χ3n) is 4.05. The number of nitrogens with zero attached hydrogens (tertiary/aromatic N) is 4. The largest absolute Gasteiger partial charge is 0.348 e. The number of nitrogens with one attached hydrogen (secondary N) is 1. The lowest BCUT2D eigenvalue weighted by molar-refractivity contribution is 0.598. The lowest BCUT2D eigenvalue weighted by Crippen LogP contribution is -2.09. The molecular weight excluding hydrogens is 317 g/mol. The number of rotatable bonds is 6. The van der Waals surface area contributed by atoms with E-state index in [0.29, 0.717) is 5.95 Å². The molecule has 6 heteroatoms. The number of hydrogen-bond donors (Lipinski definition) is 1. The van der Waals surface area contributed by atoms with E-state index in [1.807, 2.05) is 30.8 Å². The van der Waals surface area contributed by atoms with Crippen LogP contribution in [-0.4, -0.2) is 19.7 Å². The highest BCUT2D eigenvalue weighted by molar-refractivity contribution is 5.61. The molecule has 0 radical (unpaired) electrons. The molecule has 1 N–H and O–H groups in total. The van der Waals surface area contributed by atoms with E-state index in [4.69, 9.17) is 0 Å². The van der Waals surface area contributed by atoms with Crippen molar-refractivity contribution in [1.82, 2.24) is 19.7 Å². The fourth-order valence-electron chi connectivity index (χ4n) is 2.72. The number of benzene rings is 1. The summed E-state index contributed by atoms with van der Waals surface area (Å²) in [5.74, 6) is 0.297. The van der Waals surface area contributed by atoms with Crippen LogP contribution in [0.1, 0.15) is 37.6 Å². The second-order valence-corrected chi connectivity index (χ2v) is 6.07. The maximum Gasteiger partial charge on any atom is 0.223 e. The quantitative estimate of drug-likeness (QED) is 0.724. The standard InChI is InChI=1S/C19H22FN5/c1-4-11-25-12-17(14(3)24-25)18-9-10-21-19(23-18)22-13(2)15-5-7-16(20)8-6-15/h5-10,12-13H,4,11H2,1-3H3,(H,21,22,23)/t13-/m1/s1. The monoisotopic (exact) mass is 339 g/mol. The summed E-state index contributed by atoms with van der Waals surface area (Å²) in [5.41, 5.74) is 3.77. The van der Waals surface area contributed by atoms with Crippen molar-refractivity contribution in [3.05, 3.63) is 59.8 Å². The molecule has 0 aliphatic heterocycles. The summed E-state index contributed by atoms with van der Waals surface area (Å²) in [7, 11) is 0. The molecule has 0 saturated heterocycles. The van der Waals surface area contributed by atoms with Gasteiger partial charge < -0.3 is 5.32 Å². The van der Waals surface area contributed by atoms with Gasteiger partial charge in [0, 0.05) is 24.5 Å². The van der Waals surface area contributed by atoms with Crippen LogP contribution in [0.15, 0.2) is 42.7 Å². The molecule has 130 valence electrons. The average molecular weight is 339 g/mol. The van der Waals surface area contributed by atoms with Gasteiger partial charge in [0.1, 0.15) is 5.82 Å². The van der Waals surface area contributed by atoms with E-state index in [2.05, 4.69) is 27.3 Å². The Hall–Kier alpha value is -2.76. The zero-order valence-electron chi connectivity index (χ0n) is 14.7. The number of halogens is 1. The van der Waals surface area contributed by atoms with Crippen molar-refractivity contribution in [3.63, 3.8) is 0 Å². The predicted octanol–water partition coefficient (Wildman–Crippen LogP) is 4.37. The van der Waals surface area contributed by atoms with Crippen molar-refractivity contribution >= 4 is 5.95 Å². The van der Waals surface area contributed by atoms with E-state index >= 15 is 0 Å². The Kier molecular flexibility index (Phi) is 5.07. The summed E-state index contributed by atoms with van der Waals surface area (Å²) in [6.07, 6.45) is 4.79. The second-order valence-electron chi connectivity index (χ2n) is 6.07. The van der Waals surface area contributed by atoms with Gasteiger partial charge in [-0.2, -0.15) is 5.10 Å². The molecule has 1 aromatic carbocycles. The van der Waals surface area contributed by atoms with Crippen LogP contribution < -0.4 is 5.32 Å². The molecule has 0 aliphatic carbocycles. The minimum absolute atomic E-state index is 0.0280. The van der Waals surface area contributed by atoms with Gasteiger partial charge in [0.15, 0.2) is 0 Å². The molecule has 0 aliphatic rings. The van der Waals surface area contributed by atoms with E-state index in [-0.39, 0.29) is 11.9 Å². The Morgan fingerprint density at radius 2 is 1.96 bits per heavy atom. The summed E-state index contributed by atoms with van der Waals surface area (Å²) >= 11 is 0. The van der Waals surface area contributed by atoms with Crippen LogP contribution in [0, 0.1) is 12.7 Å². The first-order valence-corrected chi connectivity index (χ1v) is 8.46. The van der Waals surface area contributed by atoms with Gasteiger partial charge >= 0.3 is 0 Å². The van der Waals surface area contributed by atoms with Crippen LogP contribution in [0.4, 0.5) is 10.3 Å². The molecule has 1 atom stereocenters. The fourth-order valence-corrected chi connectivity index (χ4v) is 2.72. The lowest BCUT2D eigenvalue weighted by atomic mass is 10.1. The summed E-state index contributed by atoms with van der Waals surface area (Å²) in [6, 6.07) is 8.28. The molecule has 0 unspecified atom stereocenters. The Morgan fingerprint density at radius 3 is 2.68 bits per heavy atom. The lowest BCUT2D eigenvalue weighted by Gasteiger charge is -2.14. The highest BCUT2D eigenvalue weighted by atomic mass is 19.1. The van der Waals surface area contributed by atoms with E-state index < -0.39 is 0 Å². The van der Waals surface area contributed by atoms with Crippen LogP contribution in [0.3, 0.4) is 0 Å². The Morgan fingerprint density at radius 1 is 1.20 bits per heavy atom. The first-order valence-electron chi connectivity index (χ1n) is 8.46. The summed E-state index contributed by atoms with van der Waals surface area (Å²) in [6.45, 7) is 6.99. The van der Waals surface area contributed by atoms with Gasteiger partial charge in [-0.1, -0.05) is 19.1 Å². The van der Waals surface area contributed by atoms with Gasteiger partial charge in [-0.25, -0.2) is 14.4 Å². The molecule has 5 nitrogen and oxygen atoms in total. The van der Waals surface area contributed by atoms with Crippen molar-refractivity contribution in [1.29, 1.82) is 0 Å². The van der Waals surface area contributed by atoms with Gasteiger partial charge in [-0.3, -0.25) is 4.68 Å². The van der Waals surface area contributed by atoms with Crippen LogP contribution in [0.5, 0.6) is 0 Å². The van der Waals surface area contributed by atoms with Crippen LogP contribution in [0.2, 0.25) is 0 Å². The van der Waals surface area contributed by atoms with Gasteiger partial charge in [-0.05, 0) is 44.0 Å². The second kappa shape index (κ2) is 7.42. The summed E-state index contributed by atoms with van der Waals surface area (Å²) < 4.78 is 15.0. The SMILES string of the molecule is CCCn1cc(-c2ccnc(N[C@H](C)c3ccc(F)cc3)n2)c(C)n1. The molecule has 3 aromatic rings. The van der Waals surface area contributed by atoms with Crippen LogP contribution >= 0.6 is 0 Å². The minimum Gasteiger partial charge on any atom is -0.348 e. The highest BCUT2D eigenvalue weighted by Gasteiger charge is 2.12. The third kappa shape index (κ3) is 4.02. The zero-order chi connectivity index (χ0) is 17.8. The molecule has 0 spiro atoms. The first-order chi connectivity index (χ1) is 12.1. The van der Waals surface area contributed by atoms with Gasteiger partial charge in [0.05, 0.1) is 17.4 Å². The molecule has 2 aromatic heterocycles. The van der Waals surface area contributed by atoms with Crippen LogP contribution in [-0.2, 0) is 6.54 Å². The fraction of sp³-hybridized carbons (Fsp3) is 0.316. The van der Waals surface area contributed by atoms with Gasteiger partial charge in [0.25, 0.3) is 0 Å². The minimum atomic E-state index is -0.242. The molecule has 0 saturated carbocycles. The Balaban J connectivity index is 1.80. The maximum atomic E-state index is 13.1. The highest BCUT2D eigenvalue weighted by Crippen LogP contribution is 2.23. The van der Waals surface area contributed by atoms with Crippen molar-refractivity contribution in [3.8, 4) is 11.3 Å². The number of anilines is 1. The number of hydrogen-bond acceptors (Lipinski definition) is 4. The van der Waals surface area contributed by atoms with Gasteiger partial charge in [-0.15, -0.1) is 0 Å². The molecule has 0 bridgehead atoms. The molecule has 0 fully saturated rings.